The summed E-state index contributed by atoms with van der Waals surface area (Å²) in [6, 6.07) is 3.71. The van der Waals surface area contributed by atoms with Crippen LogP contribution < -0.4 is 0 Å². The fourth-order valence-electron chi connectivity index (χ4n) is 0.498. The second-order valence-electron chi connectivity index (χ2n) is 1.68. The van der Waals surface area contributed by atoms with Crippen LogP contribution in [0.3, 0.4) is 0 Å². The summed E-state index contributed by atoms with van der Waals surface area (Å²) in [6.07, 6.45) is 0. The summed E-state index contributed by atoms with van der Waals surface area (Å²) in [5.74, 6) is 0. The number of hydrogen-bond acceptors (Lipinski definition) is 0. The number of rotatable bonds is 0. The number of hydrogen-bond donors (Lipinski definition) is 0. The van der Waals surface area contributed by atoms with Crippen molar-refractivity contribution in [2.75, 3.05) is 0 Å². The number of halogens is 4. The standard InChI is InChI=1S/C6H2Cl2I2/c7-3-1-5(9)6(10)2-4(3)8/h1-2H. The van der Waals surface area contributed by atoms with E-state index in [1.54, 1.807) is 0 Å². The van der Waals surface area contributed by atoms with Crippen LogP contribution in [0, 0.1) is 7.14 Å². The van der Waals surface area contributed by atoms with Gasteiger partial charge < -0.3 is 0 Å². The molecule has 1 aromatic carbocycles. The van der Waals surface area contributed by atoms with Gasteiger partial charge in [0.1, 0.15) is 0 Å². The van der Waals surface area contributed by atoms with Crippen molar-refractivity contribution in [2.45, 2.75) is 0 Å². The lowest BCUT2D eigenvalue weighted by molar-refractivity contribution is 1.58. The van der Waals surface area contributed by atoms with E-state index in [0.29, 0.717) is 10.0 Å². The van der Waals surface area contributed by atoms with Crippen molar-refractivity contribution >= 4 is 68.4 Å². The van der Waals surface area contributed by atoms with Crippen molar-refractivity contribution in [1.29, 1.82) is 0 Å². The Bertz CT molecular complexity index is 210. The van der Waals surface area contributed by atoms with E-state index in [9.17, 15) is 0 Å². The van der Waals surface area contributed by atoms with Gasteiger partial charge in [-0.3, -0.25) is 0 Å². The van der Waals surface area contributed by atoms with E-state index in [1.165, 1.54) is 0 Å². The van der Waals surface area contributed by atoms with Crippen LogP contribution in [0.1, 0.15) is 0 Å². The lowest BCUT2D eigenvalue weighted by Gasteiger charge is -1.98. The lowest BCUT2D eigenvalue weighted by Crippen LogP contribution is -1.78. The largest absolute Gasteiger partial charge is 0.0827 e. The molecule has 0 aromatic heterocycles. The average molecular weight is 399 g/mol. The Hall–Kier alpha value is 1.26. The van der Waals surface area contributed by atoms with Gasteiger partial charge in [0.25, 0.3) is 0 Å². The number of benzene rings is 1. The predicted octanol–water partition coefficient (Wildman–Crippen LogP) is 4.20. The summed E-state index contributed by atoms with van der Waals surface area (Å²) in [7, 11) is 0. The molecule has 0 bridgehead atoms. The third-order valence-electron chi connectivity index (χ3n) is 0.963. The molecule has 0 aliphatic heterocycles. The minimum atomic E-state index is 0.617. The van der Waals surface area contributed by atoms with E-state index in [1.807, 2.05) is 12.1 Å². The molecule has 0 atom stereocenters. The first-order chi connectivity index (χ1) is 4.61. The first-order valence-electron chi connectivity index (χ1n) is 2.41. The molecule has 0 nitrogen and oxygen atoms in total. The van der Waals surface area contributed by atoms with Crippen molar-refractivity contribution in [3.63, 3.8) is 0 Å². The molecule has 0 fully saturated rings. The van der Waals surface area contributed by atoms with Crippen molar-refractivity contribution in [2.24, 2.45) is 0 Å². The molecular formula is C6H2Cl2I2. The average Bonchev–Trinajstić information content (AvgIpc) is 1.84. The van der Waals surface area contributed by atoms with Gasteiger partial charge in [0, 0.05) is 7.14 Å². The van der Waals surface area contributed by atoms with Gasteiger partial charge in [0.15, 0.2) is 0 Å². The zero-order chi connectivity index (χ0) is 7.72. The molecule has 0 radical (unpaired) electrons. The highest BCUT2D eigenvalue weighted by Gasteiger charge is 2.01. The molecule has 0 aliphatic rings. The molecule has 10 heavy (non-hydrogen) atoms. The fourth-order valence-corrected chi connectivity index (χ4v) is 2.13. The Balaban J connectivity index is 3.28. The van der Waals surface area contributed by atoms with Gasteiger partial charge in [-0.2, -0.15) is 0 Å². The monoisotopic (exact) mass is 398 g/mol. The van der Waals surface area contributed by atoms with Gasteiger partial charge in [-0.05, 0) is 57.3 Å². The van der Waals surface area contributed by atoms with Crippen LogP contribution in [0.25, 0.3) is 0 Å². The molecule has 0 spiro atoms. The third-order valence-corrected chi connectivity index (χ3v) is 4.50. The van der Waals surface area contributed by atoms with Crippen molar-refractivity contribution in [3.05, 3.63) is 29.3 Å². The molecule has 1 aromatic rings. The molecule has 0 N–H and O–H groups in total. The zero-order valence-corrected chi connectivity index (χ0v) is 10.5. The summed E-state index contributed by atoms with van der Waals surface area (Å²) in [6.45, 7) is 0. The molecule has 54 valence electrons. The summed E-state index contributed by atoms with van der Waals surface area (Å²) in [4.78, 5) is 0. The van der Waals surface area contributed by atoms with Crippen LogP contribution in [0.5, 0.6) is 0 Å². The molecular weight excluding hydrogens is 397 g/mol. The Morgan fingerprint density at radius 3 is 1.50 bits per heavy atom. The van der Waals surface area contributed by atoms with Gasteiger partial charge in [-0.1, -0.05) is 23.2 Å². The highest BCUT2D eigenvalue weighted by Crippen LogP contribution is 2.27. The van der Waals surface area contributed by atoms with E-state index in [-0.39, 0.29) is 0 Å². The Kier molecular flexibility index (Phi) is 3.53. The second-order valence-corrected chi connectivity index (χ2v) is 4.82. The van der Waals surface area contributed by atoms with Crippen LogP contribution in [0.15, 0.2) is 12.1 Å². The maximum atomic E-state index is 5.75. The Morgan fingerprint density at radius 1 is 0.900 bits per heavy atom. The highest BCUT2D eigenvalue weighted by atomic mass is 127. The molecule has 0 heterocycles. The van der Waals surface area contributed by atoms with Gasteiger partial charge in [0.05, 0.1) is 10.0 Å². The van der Waals surface area contributed by atoms with Gasteiger partial charge in [-0.15, -0.1) is 0 Å². The Labute approximate surface area is 96.6 Å². The minimum absolute atomic E-state index is 0.617. The predicted molar refractivity (Wildman–Crippen MR) is 61.9 cm³/mol. The van der Waals surface area contributed by atoms with Crippen molar-refractivity contribution < 1.29 is 0 Å². The molecule has 1 rings (SSSR count). The third kappa shape index (κ3) is 2.12. The van der Waals surface area contributed by atoms with E-state index < -0.39 is 0 Å². The first kappa shape index (κ1) is 9.35. The molecule has 4 heteroatoms. The normalized spacial score (nSPS) is 10.0. The van der Waals surface area contributed by atoms with E-state index in [2.05, 4.69) is 45.2 Å². The van der Waals surface area contributed by atoms with Gasteiger partial charge in [0.2, 0.25) is 0 Å². The summed E-state index contributed by atoms with van der Waals surface area (Å²) in [5, 5.41) is 1.23. The fraction of sp³-hybridized carbons (Fsp3) is 0. The first-order valence-corrected chi connectivity index (χ1v) is 5.32. The minimum Gasteiger partial charge on any atom is -0.0827 e. The lowest BCUT2D eigenvalue weighted by atomic mass is 10.4. The topological polar surface area (TPSA) is 0 Å². The van der Waals surface area contributed by atoms with Gasteiger partial charge in [-0.25, -0.2) is 0 Å². The quantitative estimate of drug-likeness (QED) is 0.454. The van der Waals surface area contributed by atoms with E-state index >= 15 is 0 Å². The van der Waals surface area contributed by atoms with Crippen molar-refractivity contribution in [3.8, 4) is 0 Å². The van der Waals surface area contributed by atoms with E-state index in [4.69, 9.17) is 23.2 Å². The zero-order valence-electron chi connectivity index (χ0n) is 4.67. The highest BCUT2D eigenvalue weighted by molar-refractivity contribution is 14.1. The van der Waals surface area contributed by atoms with Crippen LogP contribution >= 0.6 is 68.4 Å². The second kappa shape index (κ2) is 3.78. The van der Waals surface area contributed by atoms with Crippen LogP contribution in [0.4, 0.5) is 0 Å². The van der Waals surface area contributed by atoms with E-state index in [0.717, 1.165) is 7.14 Å². The molecule has 0 aliphatic carbocycles. The smallest absolute Gasteiger partial charge is 0.0603 e. The maximum Gasteiger partial charge on any atom is 0.0603 e. The molecule has 0 saturated carbocycles. The van der Waals surface area contributed by atoms with Gasteiger partial charge >= 0.3 is 0 Å². The van der Waals surface area contributed by atoms with Crippen LogP contribution in [0.2, 0.25) is 10.0 Å². The molecule has 0 unspecified atom stereocenters. The Morgan fingerprint density at radius 2 is 1.20 bits per heavy atom. The molecule has 0 amide bonds. The SMILES string of the molecule is Clc1cc(I)c(I)cc1Cl. The van der Waals surface area contributed by atoms with Crippen molar-refractivity contribution in [1.82, 2.24) is 0 Å². The maximum absolute atomic E-state index is 5.75. The summed E-state index contributed by atoms with van der Waals surface area (Å²) < 4.78 is 2.26. The van der Waals surface area contributed by atoms with Crippen LogP contribution in [-0.4, -0.2) is 0 Å². The summed E-state index contributed by atoms with van der Waals surface area (Å²) in [5.41, 5.74) is 0. The summed E-state index contributed by atoms with van der Waals surface area (Å²) >= 11 is 15.9. The van der Waals surface area contributed by atoms with Crippen LogP contribution in [-0.2, 0) is 0 Å². The molecule has 0 saturated heterocycles.